The van der Waals surface area contributed by atoms with Gasteiger partial charge in [-0.05, 0) is 48.4 Å². The maximum atomic E-state index is 12.8. The molecule has 0 radical (unpaired) electrons. The van der Waals surface area contributed by atoms with E-state index in [1.165, 1.54) is 0 Å². The van der Waals surface area contributed by atoms with Crippen LogP contribution >= 0.6 is 0 Å². The average Bonchev–Trinajstić information content (AvgIpc) is 3.21. The number of pyridine rings is 1. The highest BCUT2D eigenvalue weighted by Gasteiger charge is 2.17. The van der Waals surface area contributed by atoms with E-state index in [9.17, 15) is 4.79 Å². The van der Waals surface area contributed by atoms with Crippen molar-refractivity contribution in [1.82, 2.24) is 19.4 Å². The maximum absolute atomic E-state index is 12.8. The molecule has 0 saturated heterocycles. The summed E-state index contributed by atoms with van der Waals surface area (Å²) in [6.07, 6.45) is 5.86. The van der Waals surface area contributed by atoms with E-state index in [1.807, 2.05) is 48.5 Å². The number of benzene rings is 2. The Morgan fingerprint density at radius 2 is 1.91 bits per heavy atom. The molecule has 0 aliphatic carbocycles. The third-order valence-corrected chi connectivity index (χ3v) is 5.57. The zero-order valence-electron chi connectivity index (χ0n) is 19.5. The zero-order valence-corrected chi connectivity index (χ0v) is 19.5. The molecule has 7 nitrogen and oxygen atoms in total. The second-order valence-corrected chi connectivity index (χ2v) is 7.89. The van der Waals surface area contributed by atoms with Crippen LogP contribution in [-0.4, -0.2) is 46.1 Å². The van der Waals surface area contributed by atoms with E-state index in [-0.39, 0.29) is 5.91 Å². The molecule has 0 aliphatic rings. The predicted octanol–water partition coefficient (Wildman–Crippen LogP) is 4.52. The fourth-order valence-electron chi connectivity index (χ4n) is 3.87. The van der Waals surface area contributed by atoms with Crippen molar-refractivity contribution in [3.05, 3.63) is 96.6 Å². The van der Waals surface area contributed by atoms with Crippen molar-refractivity contribution in [2.75, 3.05) is 20.8 Å². The largest absolute Gasteiger partial charge is 0.493 e. The third kappa shape index (κ3) is 5.09. The molecule has 0 aliphatic heterocycles. The highest BCUT2D eigenvalue weighted by Crippen LogP contribution is 2.28. The van der Waals surface area contributed by atoms with Gasteiger partial charge in [-0.1, -0.05) is 24.3 Å². The molecule has 7 heteroatoms. The van der Waals surface area contributed by atoms with Crippen LogP contribution in [0.2, 0.25) is 0 Å². The number of amides is 1. The van der Waals surface area contributed by atoms with E-state index in [1.54, 1.807) is 43.6 Å². The van der Waals surface area contributed by atoms with E-state index in [4.69, 9.17) is 14.5 Å². The summed E-state index contributed by atoms with van der Waals surface area (Å²) in [5.74, 6) is 2.09. The number of rotatable bonds is 10. The first kappa shape index (κ1) is 23.0. The SMILES string of the molecule is C=CCc1ccc(OCCn2c(CN(C)C(=O)c3ccncc3)nc3ccccc32)c(OC)c1. The molecule has 34 heavy (non-hydrogen) atoms. The molecule has 2 heterocycles. The number of aromatic nitrogens is 3. The van der Waals surface area contributed by atoms with Crippen molar-refractivity contribution in [3.8, 4) is 11.5 Å². The molecule has 0 bridgehead atoms. The number of para-hydroxylation sites is 2. The molecule has 2 aromatic carbocycles. The maximum Gasteiger partial charge on any atom is 0.254 e. The Kier molecular flexibility index (Phi) is 7.22. The summed E-state index contributed by atoms with van der Waals surface area (Å²) in [7, 11) is 3.41. The Morgan fingerprint density at radius 1 is 1.12 bits per heavy atom. The summed E-state index contributed by atoms with van der Waals surface area (Å²) in [5, 5.41) is 0. The molecule has 0 saturated carbocycles. The average molecular weight is 457 g/mol. The highest BCUT2D eigenvalue weighted by molar-refractivity contribution is 5.93. The predicted molar refractivity (Wildman–Crippen MR) is 132 cm³/mol. The Hall–Kier alpha value is -4.13. The summed E-state index contributed by atoms with van der Waals surface area (Å²) < 4.78 is 13.7. The van der Waals surface area contributed by atoms with Crippen LogP contribution in [0.5, 0.6) is 11.5 Å². The van der Waals surface area contributed by atoms with Gasteiger partial charge < -0.3 is 18.9 Å². The van der Waals surface area contributed by atoms with Crippen LogP contribution in [-0.2, 0) is 19.5 Å². The van der Waals surface area contributed by atoms with E-state index in [0.717, 1.165) is 28.8 Å². The van der Waals surface area contributed by atoms with E-state index in [2.05, 4.69) is 16.1 Å². The van der Waals surface area contributed by atoms with Gasteiger partial charge in [0.2, 0.25) is 0 Å². The topological polar surface area (TPSA) is 69.5 Å². The fourth-order valence-corrected chi connectivity index (χ4v) is 3.87. The number of carbonyl (C=O) groups excluding carboxylic acids is 1. The minimum atomic E-state index is -0.0818. The minimum Gasteiger partial charge on any atom is -0.493 e. The molecule has 2 aromatic heterocycles. The van der Waals surface area contributed by atoms with Crippen LogP contribution in [0.25, 0.3) is 11.0 Å². The lowest BCUT2D eigenvalue weighted by molar-refractivity contribution is 0.0780. The monoisotopic (exact) mass is 456 g/mol. The Labute approximate surface area is 199 Å². The first-order valence-corrected chi connectivity index (χ1v) is 11.1. The number of hydrogen-bond donors (Lipinski definition) is 0. The van der Waals surface area contributed by atoms with E-state index >= 15 is 0 Å². The van der Waals surface area contributed by atoms with Crippen molar-refractivity contribution >= 4 is 16.9 Å². The normalized spacial score (nSPS) is 10.8. The summed E-state index contributed by atoms with van der Waals surface area (Å²) in [4.78, 5) is 23.3. The molecule has 174 valence electrons. The molecule has 0 fully saturated rings. The van der Waals surface area contributed by atoms with E-state index < -0.39 is 0 Å². The van der Waals surface area contributed by atoms with Crippen LogP contribution in [0.4, 0.5) is 0 Å². The van der Waals surface area contributed by atoms with Crippen molar-refractivity contribution in [1.29, 1.82) is 0 Å². The second kappa shape index (κ2) is 10.7. The number of fused-ring (bicyclic) bond motifs is 1. The Morgan fingerprint density at radius 3 is 2.68 bits per heavy atom. The summed E-state index contributed by atoms with van der Waals surface area (Å²) >= 11 is 0. The standard InChI is InChI=1S/C27H28N4O3/c1-4-7-20-10-11-24(25(18-20)33-3)34-17-16-31-23-9-6-5-8-22(23)29-26(31)19-30(2)27(32)21-12-14-28-15-13-21/h4-6,8-15,18H,1,7,16-17,19H2,2-3H3. The smallest absolute Gasteiger partial charge is 0.254 e. The number of nitrogens with zero attached hydrogens (tertiary/aromatic N) is 4. The molecular weight excluding hydrogens is 428 g/mol. The van der Waals surface area contributed by atoms with Gasteiger partial charge in [0.05, 0.1) is 31.2 Å². The lowest BCUT2D eigenvalue weighted by atomic mass is 10.1. The summed E-state index contributed by atoms with van der Waals surface area (Å²) in [6, 6.07) is 17.3. The molecule has 0 spiro atoms. The molecule has 4 aromatic rings. The van der Waals surface area contributed by atoms with Gasteiger partial charge in [-0.25, -0.2) is 4.98 Å². The zero-order chi connectivity index (χ0) is 23.9. The van der Waals surface area contributed by atoms with Gasteiger partial charge in [0.25, 0.3) is 5.91 Å². The fraction of sp³-hybridized carbons (Fsp3) is 0.222. The number of hydrogen-bond acceptors (Lipinski definition) is 5. The Balaban J connectivity index is 1.52. The van der Waals surface area contributed by atoms with Crippen LogP contribution in [0.1, 0.15) is 21.7 Å². The van der Waals surface area contributed by atoms with Gasteiger partial charge in [0.1, 0.15) is 12.4 Å². The molecule has 0 unspecified atom stereocenters. The van der Waals surface area contributed by atoms with Gasteiger partial charge in [-0.3, -0.25) is 9.78 Å². The number of carbonyl (C=O) groups is 1. The van der Waals surface area contributed by atoms with Crippen molar-refractivity contribution in [3.63, 3.8) is 0 Å². The van der Waals surface area contributed by atoms with Gasteiger partial charge in [0, 0.05) is 25.0 Å². The Bertz CT molecular complexity index is 1280. The minimum absolute atomic E-state index is 0.0818. The van der Waals surface area contributed by atoms with Crippen molar-refractivity contribution < 1.29 is 14.3 Å². The van der Waals surface area contributed by atoms with Crippen LogP contribution in [0.3, 0.4) is 0 Å². The lowest BCUT2D eigenvalue weighted by Crippen LogP contribution is -2.28. The highest BCUT2D eigenvalue weighted by atomic mass is 16.5. The van der Waals surface area contributed by atoms with Crippen LogP contribution in [0, 0.1) is 0 Å². The quantitative estimate of drug-likeness (QED) is 0.328. The molecule has 0 atom stereocenters. The molecule has 4 rings (SSSR count). The second-order valence-electron chi connectivity index (χ2n) is 7.89. The summed E-state index contributed by atoms with van der Waals surface area (Å²) in [6.45, 7) is 5.15. The van der Waals surface area contributed by atoms with Gasteiger partial charge in [-0.2, -0.15) is 0 Å². The molecule has 0 N–H and O–H groups in total. The first-order valence-electron chi connectivity index (χ1n) is 11.1. The van der Waals surface area contributed by atoms with Crippen molar-refractivity contribution in [2.45, 2.75) is 19.5 Å². The number of ether oxygens (including phenoxy) is 2. The van der Waals surface area contributed by atoms with Crippen LogP contribution in [0.15, 0.2) is 79.6 Å². The first-order chi connectivity index (χ1) is 16.6. The number of imidazole rings is 1. The summed E-state index contributed by atoms with van der Waals surface area (Å²) in [5.41, 5.74) is 3.59. The van der Waals surface area contributed by atoms with Crippen LogP contribution < -0.4 is 9.47 Å². The van der Waals surface area contributed by atoms with Gasteiger partial charge in [-0.15, -0.1) is 6.58 Å². The van der Waals surface area contributed by atoms with E-state index in [0.29, 0.717) is 36.8 Å². The molecule has 1 amide bonds. The van der Waals surface area contributed by atoms with Gasteiger partial charge in [0.15, 0.2) is 11.5 Å². The van der Waals surface area contributed by atoms with Crippen molar-refractivity contribution in [2.24, 2.45) is 0 Å². The van der Waals surface area contributed by atoms with Gasteiger partial charge >= 0.3 is 0 Å². The molecular formula is C27H28N4O3. The lowest BCUT2D eigenvalue weighted by Gasteiger charge is -2.18. The third-order valence-electron chi connectivity index (χ3n) is 5.57. The number of methoxy groups -OCH3 is 1. The number of allylic oxidation sites excluding steroid dienone is 1.